The van der Waals surface area contributed by atoms with Crippen LogP contribution in [-0.2, 0) is 0 Å². The molecular formula is C19H21N5O. The molecule has 6 nitrogen and oxygen atoms in total. The number of aryl methyl sites for hydroxylation is 1. The van der Waals surface area contributed by atoms with E-state index < -0.39 is 0 Å². The van der Waals surface area contributed by atoms with E-state index in [2.05, 4.69) is 20.6 Å². The zero-order valence-corrected chi connectivity index (χ0v) is 14.1. The SMILES string of the molecule is Cc1cccc(Nc2nc3ccccc3nc2C(=O)NCCCN)c1. The highest BCUT2D eigenvalue weighted by molar-refractivity contribution is 5.99. The molecule has 0 aliphatic rings. The zero-order chi connectivity index (χ0) is 17.6. The highest BCUT2D eigenvalue weighted by Gasteiger charge is 2.16. The lowest BCUT2D eigenvalue weighted by Gasteiger charge is -2.12. The Bertz CT molecular complexity index is 894. The number of hydrogen-bond donors (Lipinski definition) is 3. The third-order valence-corrected chi connectivity index (χ3v) is 3.73. The Morgan fingerprint density at radius 3 is 2.56 bits per heavy atom. The molecule has 4 N–H and O–H groups in total. The van der Waals surface area contributed by atoms with E-state index in [9.17, 15) is 4.79 Å². The number of anilines is 2. The van der Waals surface area contributed by atoms with Crippen molar-refractivity contribution in [3.63, 3.8) is 0 Å². The second-order valence-electron chi connectivity index (χ2n) is 5.80. The topological polar surface area (TPSA) is 92.9 Å². The summed E-state index contributed by atoms with van der Waals surface area (Å²) in [5, 5.41) is 6.06. The number of benzene rings is 2. The molecule has 2 aromatic carbocycles. The van der Waals surface area contributed by atoms with E-state index in [1.165, 1.54) is 0 Å². The van der Waals surface area contributed by atoms with Gasteiger partial charge < -0.3 is 16.4 Å². The number of nitrogens with two attached hydrogens (primary N) is 1. The highest BCUT2D eigenvalue weighted by atomic mass is 16.1. The van der Waals surface area contributed by atoms with Crippen LogP contribution in [0.1, 0.15) is 22.5 Å². The van der Waals surface area contributed by atoms with E-state index in [0.29, 0.717) is 30.8 Å². The van der Waals surface area contributed by atoms with Gasteiger partial charge in [0, 0.05) is 12.2 Å². The van der Waals surface area contributed by atoms with Crippen molar-refractivity contribution >= 4 is 28.4 Å². The lowest BCUT2D eigenvalue weighted by atomic mass is 10.2. The van der Waals surface area contributed by atoms with E-state index >= 15 is 0 Å². The molecule has 0 fully saturated rings. The van der Waals surface area contributed by atoms with Crippen LogP contribution in [0.3, 0.4) is 0 Å². The van der Waals surface area contributed by atoms with Gasteiger partial charge in [0.25, 0.3) is 5.91 Å². The summed E-state index contributed by atoms with van der Waals surface area (Å²) in [7, 11) is 0. The van der Waals surface area contributed by atoms with Crippen LogP contribution in [0.25, 0.3) is 11.0 Å². The number of carbonyl (C=O) groups is 1. The summed E-state index contributed by atoms with van der Waals surface area (Å²) in [6.45, 7) is 3.05. The number of fused-ring (bicyclic) bond motifs is 1. The van der Waals surface area contributed by atoms with Gasteiger partial charge in [-0.3, -0.25) is 4.79 Å². The van der Waals surface area contributed by atoms with Gasteiger partial charge in [0.1, 0.15) is 0 Å². The van der Waals surface area contributed by atoms with Crippen molar-refractivity contribution in [2.24, 2.45) is 5.73 Å². The Balaban J connectivity index is 1.98. The molecule has 1 amide bonds. The molecule has 1 aromatic heterocycles. The first-order valence-electron chi connectivity index (χ1n) is 8.26. The van der Waals surface area contributed by atoms with Crippen LogP contribution in [0.5, 0.6) is 0 Å². The molecule has 3 aromatic rings. The van der Waals surface area contributed by atoms with Gasteiger partial charge in [0.2, 0.25) is 0 Å². The minimum absolute atomic E-state index is 0.262. The molecule has 6 heteroatoms. The maximum absolute atomic E-state index is 12.5. The molecule has 0 unspecified atom stereocenters. The average molecular weight is 335 g/mol. The Morgan fingerprint density at radius 1 is 1.08 bits per heavy atom. The number of rotatable bonds is 6. The van der Waals surface area contributed by atoms with Crippen LogP contribution in [0.2, 0.25) is 0 Å². The molecule has 128 valence electrons. The second kappa shape index (κ2) is 7.72. The summed E-state index contributed by atoms with van der Waals surface area (Å²) < 4.78 is 0. The first kappa shape index (κ1) is 16.9. The fourth-order valence-corrected chi connectivity index (χ4v) is 2.49. The largest absolute Gasteiger partial charge is 0.351 e. The lowest BCUT2D eigenvalue weighted by Crippen LogP contribution is -2.27. The van der Waals surface area contributed by atoms with Gasteiger partial charge in [-0.15, -0.1) is 0 Å². The van der Waals surface area contributed by atoms with Crippen LogP contribution >= 0.6 is 0 Å². The molecule has 3 rings (SSSR count). The zero-order valence-electron chi connectivity index (χ0n) is 14.1. The standard InChI is InChI=1S/C19H21N5O/c1-13-6-4-7-14(12-13)22-18-17(19(25)21-11-5-10-20)23-15-8-2-3-9-16(15)24-18/h2-4,6-9,12H,5,10-11,20H2,1H3,(H,21,25)(H,22,24). The maximum Gasteiger partial charge on any atom is 0.273 e. The van der Waals surface area contributed by atoms with Gasteiger partial charge in [-0.05, 0) is 49.7 Å². The first-order valence-corrected chi connectivity index (χ1v) is 8.26. The third-order valence-electron chi connectivity index (χ3n) is 3.73. The summed E-state index contributed by atoms with van der Waals surface area (Å²) in [5.41, 5.74) is 9.15. The van der Waals surface area contributed by atoms with Crippen molar-refractivity contribution < 1.29 is 4.79 Å². The van der Waals surface area contributed by atoms with Crippen molar-refractivity contribution in [1.29, 1.82) is 0 Å². The summed E-state index contributed by atoms with van der Waals surface area (Å²) in [6.07, 6.45) is 0.716. The number of hydrogen-bond acceptors (Lipinski definition) is 5. The number of nitrogens with zero attached hydrogens (tertiary/aromatic N) is 2. The summed E-state index contributed by atoms with van der Waals surface area (Å²) >= 11 is 0. The predicted octanol–water partition coefficient (Wildman–Crippen LogP) is 2.76. The fraction of sp³-hybridized carbons (Fsp3) is 0.211. The van der Waals surface area contributed by atoms with Gasteiger partial charge in [-0.2, -0.15) is 0 Å². The van der Waals surface area contributed by atoms with Crippen LogP contribution < -0.4 is 16.4 Å². The van der Waals surface area contributed by atoms with Gasteiger partial charge >= 0.3 is 0 Å². The number of amides is 1. The van der Waals surface area contributed by atoms with E-state index in [0.717, 1.165) is 16.8 Å². The fourth-order valence-electron chi connectivity index (χ4n) is 2.49. The Labute approximate surface area is 146 Å². The van der Waals surface area contributed by atoms with Gasteiger partial charge in [0.15, 0.2) is 11.5 Å². The number of para-hydroxylation sites is 2. The van der Waals surface area contributed by atoms with Gasteiger partial charge in [-0.1, -0.05) is 24.3 Å². The number of nitrogens with one attached hydrogen (secondary N) is 2. The van der Waals surface area contributed by atoms with Crippen LogP contribution in [-0.4, -0.2) is 29.0 Å². The van der Waals surface area contributed by atoms with E-state index in [1.54, 1.807) is 0 Å². The van der Waals surface area contributed by atoms with Gasteiger partial charge in [0.05, 0.1) is 11.0 Å². The second-order valence-corrected chi connectivity index (χ2v) is 5.80. The normalized spacial score (nSPS) is 10.6. The number of aromatic nitrogens is 2. The first-order chi connectivity index (χ1) is 12.2. The maximum atomic E-state index is 12.5. The van der Waals surface area contributed by atoms with Crippen LogP contribution in [0.4, 0.5) is 11.5 Å². The van der Waals surface area contributed by atoms with E-state index in [-0.39, 0.29) is 11.6 Å². The van der Waals surface area contributed by atoms with Crippen molar-refractivity contribution in [2.45, 2.75) is 13.3 Å². The van der Waals surface area contributed by atoms with Crippen molar-refractivity contribution in [2.75, 3.05) is 18.4 Å². The Kier molecular flexibility index (Phi) is 5.20. The molecule has 0 atom stereocenters. The number of carbonyl (C=O) groups excluding carboxylic acids is 1. The van der Waals surface area contributed by atoms with Crippen LogP contribution in [0, 0.1) is 6.92 Å². The molecule has 0 saturated carbocycles. The summed E-state index contributed by atoms with van der Waals surface area (Å²) in [5.74, 6) is 0.177. The minimum Gasteiger partial charge on any atom is -0.351 e. The lowest BCUT2D eigenvalue weighted by molar-refractivity contribution is 0.0949. The third kappa shape index (κ3) is 4.10. The molecule has 0 aliphatic carbocycles. The molecular weight excluding hydrogens is 314 g/mol. The van der Waals surface area contributed by atoms with E-state index in [1.807, 2.05) is 55.5 Å². The molecule has 0 spiro atoms. The molecule has 0 saturated heterocycles. The quantitative estimate of drug-likeness (QED) is 0.602. The molecule has 25 heavy (non-hydrogen) atoms. The van der Waals surface area contributed by atoms with Crippen molar-refractivity contribution in [1.82, 2.24) is 15.3 Å². The predicted molar refractivity (Wildman–Crippen MR) is 100 cm³/mol. The summed E-state index contributed by atoms with van der Waals surface area (Å²) in [6, 6.07) is 15.4. The molecule has 0 radical (unpaired) electrons. The highest BCUT2D eigenvalue weighted by Crippen LogP contribution is 2.21. The summed E-state index contributed by atoms with van der Waals surface area (Å²) in [4.78, 5) is 21.6. The molecule has 0 aliphatic heterocycles. The Morgan fingerprint density at radius 2 is 1.84 bits per heavy atom. The monoisotopic (exact) mass is 335 g/mol. The van der Waals surface area contributed by atoms with E-state index in [4.69, 9.17) is 5.73 Å². The molecule has 1 heterocycles. The molecule has 0 bridgehead atoms. The van der Waals surface area contributed by atoms with Gasteiger partial charge in [-0.25, -0.2) is 9.97 Å². The minimum atomic E-state index is -0.262. The smallest absolute Gasteiger partial charge is 0.273 e. The average Bonchev–Trinajstić information content (AvgIpc) is 2.61. The van der Waals surface area contributed by atoms with Crippen LogP contribution in [0.15, 0.2) is 48.5 Å². The van der Waals surface area contributed by atoms with Crippen molar-refractivity contribution in [3.05, 3.63) is 59.8 Å². The Hall–Kier alpha value is -2.99. The van der Waals surface area contributed by atoms with Crippen molar-refractivity contribution in [3.8, 4) is 0 Å².